The maximum atomic E-state index is 6.09. The molecule has 0 saturated heterocycles. The first-order chi connectivity index (χ1) is 9.71. The smallest absolute Gasteiger partial charge is 0.497 e. The molecule has 0 unspecified atom stereocenters. The molecule has 0 radical (unpaired) electrons. The van der Waals surface area contributed by atoms with Gasteiger partial charge in [-0.25, -0.2) is 0 Å². The molecule has 0 amide bonds. The van der Waals surface area contributed by atoms with Crippen molar-refractivity contribution in [2.24, 2.45) is 0 Å². The van der Waals surface area contributed by atoms with Gasteiger partial charge in [-0.1, -0.05) is 12.1 Å². The van der Waals surface area contributed by atoms with Gasteiger partial charge in [-0.05, 0) is 32.9 Å². The third-order valence-corrected chi connectivity index (χ3v) is 5.90. The lowest BCUT2D eigenvalue weighted by Gasteiger charge is -2.29. The highest BCUT2D eigenvalue weighted by Crippen LogP contribution is 2.31. The van der Waals surface area contributed by atoms with E-state index in [1.807, 2.05) is 45.0 Å². The Morgan fingerprint density at radius 2 is 1.55 bits per heavy atom. The van der Waals surface area contributed by atoms with Gasteiger partial charge < -0.3 is 18.0 Å². The zero-order valence-electron chi connectivity index (χ0n) is 12.4. The van der Waals surface area contributed by atoms with Crippen LogP contribution in [0, 0.1) is 0 Å². The number of ether oxygens (including phenoxy) is 1. The van der Waals surface area contributed by atoms with Crippen molar-refractivity contribution in [2.45, 2.75) is 26.8 Å². The summed E-state index contributed by atoms with van der Waals surface area (Å²) in [4.78, 5) is 0. The van der Waals surface area contributed by atoms with Crippen molar-refractivity contribution < 1.29 is 18.0 Å². The molecule has 0 aliphatic carbocycles. The van der Waals surface area contributed by atoms with Crippen LogP contribution in [-0.2, 0) is 8.85 Å². The molecule has 0 aliphatic rings. The Bertz CT molecular complexity index is 372. The third-order valence-electron chi connectivity index (χ3n) is 2.54. The van der Waals surface area contributed by atoms with Crippen molar-refractivity contribution in [3.05, 3.63) is 24.3 Å². The molecule has 114 valence electrons. The molecular formula is C14H23ClO4Si. The Kier molecular flexibility index (Phi) is 7.99. The Balaban J connectivity index is 2.98. The topological polar surface area (TPSA) is 36.9 Å². The summed E-state index contributed by atoms with van der Waals surface area (Å²) in [7, 11) is -2.81. The molecule has 0 bridgehead atoms. The second kappa shape index (κ2) is 9.23. The van der Waals surface area contributed by atoms with Crippen molar-refractivity contribution >= 4 is 20.4 Å². The molecule has 20 heavy (non-hydrogen) atoms. The van der Waals surface area contributed by atoms with Gasteiger partial charge in [-0.3, -0.25) is 0 Å². The van der Waals surface area contributed by atoms with E-state index in [4.69, 9.17) is 29.6 Å². The lowest BCUT2D eigenvalue weighted by molar-refractivity contribution is 0.116. The van der Waals surface area contributed by atoms with E-state index in [1.54, 1.807) is 0 Å². The van der Waals surface area contributed by atoms with E-state index in [-0.39, 0.29) is 0 Å². The fourth-order valence-corrected chi connectivity index (χ4v) is 4.73. The van der Waals surface area contributed by atoms with Crippen molar-refractivity contribution in [1.29, 1.82) is 0 Å². The minimum absolute atomic E-state index is 0.434. The van der Waals surface area contributed by atoms with Crippen LogP contribution in [0.15, 0.2) is 24.3 Å². The molecule has 6 heteroatoms. The molecule has 1 aromatic carbocycles. The lowest BCUT2D eigenvalue weighted by Crippen LogP contribution is -2.49. The van der Waals surface area contributed by atoms with E-state index in [9.17, 15) is 0 Å². The van der Waals surface area contributed by atoms with Gasteiger partial charge in [0.2, 0.25) is 0 Å². The summed E-state index contributed by atoms with van der Waals surface area (Å²) < 4.78 is 23.3. The third kappa shape index (κ3) is 4.98. The first-order valence-corrected chi connectivity index (χ1v) is 9.42. The quantitative estimate of drug-likeness (QED) is 0.487. The molecule has 0 aromatic heterocycles. The Labute approximate surface area is 127 Å². The van der Waals surface area contributed by atoms with Crippen molar-refractivity contribution in [2.75, 3.05) is 25.7 Å². The normalized spacial score (nSPS) is 11.4. The molecule has 1 rings (SSSR count). The predicted octanol–water partition coefficient (Wildman–Crippen LogP) is 3.71. The molecule has 0 fully saturated rings. The Morgan fingerprint density at radius 3 is 2.05 bits per heavy atom. The highest BCUT2D eigenvalue weighted by atomic mass is 35.5. The van der Waals surface area contributed by atoms with E-state index < -0.39 is 8.80 Å². The SMILES string of the molecule is CCOc1ccccc1O[Si](CCCl)(OCC)OCC. The first kappa shape index (κ1) is 17.3. The maximum Gasteiger partial charge on any atom is 0.567 e. The predicted molar refractivity (Wildman–Crippen MR) is 82.8 cm³/mol. The minimum Gasteiger partial charge on any atom is -0.497 e. The van der Waals surface area contributed by atoms with E-state index >= 15 is 0 Å². The molecule has 0 atom stereocenters. The number of hydrogen-bond donors (Lipinski definition) is 0. The van der Waals surface area contributed by atoms with Gasteiger partial charge in [0.15, 0.2) is 5.75 Å². The molecule has 1 aromatic rings. The number of halogens is 1. The van der Waals surface area contributed by atoms with E-state index in [2.05, 4.69) is 0 Å². The molecule has 0 N–H and O–H groups in total. The van der Waals surface area contributed by atoms with Crippen LogP contribution in [0.2, 0.25) is 6.04 Å². The van der Waals surface area contributed by atoms with Gasteiger partial charge >= 0.3 is 8.80 Å². The van der Waals surface area contributed by atoms with E-state index in [0.717, 1.165) is 0 Å². The molecule has 4 nitrogen and oxygen atoms in total. The highest BCUT2D eigenvalue weighted by molar-refractivity contribution is 6.62. The number of benzene rings is 1. The fourth-order valence-electron chi connectivity index (χ4n) is 1.83. The van der Waals surface area contributed by atoms with E-state index in [0.29, 0.717) is 43.2 Å². The average molecular weight is 319 g/mol. The fraction of sp³-hybridized carbons (Fsp3) is 0.571. The highest BCUT2D eigenvalue weighted by Gasteiger charge is 2.43. The summed E-state index contributed by atoms with van der Waals surface area (Å²) in [5.74, 6) is 1.78. The van der Waals surface area contributed by atoms with Crippen LogP contribution >= 0.6 is 11.6 Å². The second-order valence-electron chi connectivity index (χ2n) is 3.97. The molecular weight excluding hydrogens is 296 g/mol. The number of para-hydroxylation sites is 2. The minimum atomic E-state index is -2.81. The summed E-state index contributed by atoms with van der Waals surface area (Å²) in [5, 5.41) is 0. The van der Waals surface area contributed by atoms with Crippen LogP contribution in [0.1, 0.15) is 20.8 Å². The summed E-state index contributed by atoms with van der Waals surface area (Å²) in [5.41, 5.74) is 0. The second-order valence-corrected chi connectivity index (χ2v) is 7.00. The summed E-state index contributed by atoms with van der Waals surface area (Å²) in [6.45, 7) is 7.42. The van der Waals surface area contributed by atoms with Gasteiger partial charge in [-0.2, -0.15) is 0 Å². The number of hydrogen-bond acceptors (Lipinski definition) is 4. The van der Waals surface area contributed by atoms with Crippen molar-refractivity contribution in [3.8, 4) is 11.5 Å². The first-order valence-electron chi connectivity index (χ1n) is 6.96. The van der Waals surface area contributed by atoms with Crippen molar-refractivity contribution in [1.82, 2.24) is 0 Å². The average Bonchev–Trinajstić information content (AvgIpc) is 2.42. The summed E-state index contributed by atoms with van der Waals surface area (Å²) in [6.07, 6.45) is 0. The van der Waals surface area contributed by atoms with Crippen molar-refractivity contribution in [3.63, 3.8) is 0 Å². The van der Waals surface area contributed by atoms with Crippen LogP contribution in [0.25, 0.3) is 0 Å². The molecule has 0 aliphatic heterocycles. The lowest BCUT2D eigenvalue weighted by atomic mass is 10.3. The largest absolute Gasteiger partial charge is 0.567 e. The van der Waals surface area contributed by atoms with E-state index in [1.165, 1.54) is 0 Å². The van der Waals surface area contributed by atoms with Crippen LogP contribution in [0.5, 0.6) is 11.5 Å². The van der Waals surface area contributed by atoms with Crippen LogP contribution in [0.4, 0.5) is 0 Å². The molecule has 0 saturated carbocycles. The standard InChI is InChI=1S/C14H23ClO4Si/c1-4-16-13-9-7-8-10-14(13)19-20(12-11-15,17-5-2)18-6-3/h7-10H,4-6,11-12H2,1-3H3. The Hall–Kier alpha value is -0.753. The molecule has 0 heterocycles. The van der Waals surface area contributed by atoms with Crippen LogP contribution in [0.3, 0.4) is 0 Å². The van der Waals surface area contributed by atoms with Gasteiger partial charge in [0.05, 0.1) is 6.61 Å². The monoisotopic (exact) mass is 318 g/mol. The number of alkyl halides is 1. The van der Waals surface area contributed by atoms with Crippen LogP contribution in [-0.4, -0.2) is 34.5 Å². The van der Waals surface area contributed by atoms with Crippen LogP contribution < -0.4 is 9.16 Å². The number of rotatable bonds is 10. The summed E-state index contributed by atoms with van der Waals surface area (Å²) >= 11 is 5.89. The zero-order valence-corrected chi connectivity index (χ0v) is 14.1. The van der Waals surface area contributed by atoms with Gasteiger partial charge in [0, 0.05) is 25.1 Å². The molecule has 0 spiro atoms. The zero-order chi connectivity index (χ0) is 14.8. The van der Waals surface area contributed by atoms with Gasteiger partial charge in [0.25, 0.3) is 0 Å². The maximum absolute atomic E-state index is 6.09. The van der Waals surface area contributed by atoms with Gasteiger partial charge in [0.1, 0.15) is 5.75 Å². The van der Waals surface area contributed by atoms with Gasteiger partial charge in [-0.15, -0.1) is 11.6 Å². The Morgan fingerprint density at radius 1 is 0.950 bits per heavy atom. The summed E-state index contributed by atoms with van der Waals surface area (Å²) in [6, 6.07) is 8.10.